The molecule has 4 heteroatoms. The number of phenols is 1. The lowest BCUT2D eigenvalue weighted by Crippen LogP contribution is -2.06. The molecular formula is C15H19N3O. The molecule has 0 unspecified atom stereocenters. The number of rotatable bonds is 4. The molecule has 2 N–H and O–H groups in total. The summed E-state index contributed by atoms with van der Waals surface area (Å²) >= 11 is 0. The van der Waals surface area contributed by atoms with Gasteiger partial charge in [0.1, 0.15) is 5.75 Å². The number of imidazole rings is 1. The minimum atomic E-state index is 0.376. The van der Waals surface area contributed by atoms with Crippen molar-refractivity contribution in [3.63, 3.8) is 0 Å². The Hall–Kier alpha value is -1.97. The molecule has 0 atom stereocenters. The molecule has 0 saturated heterocycles. The minimum absolute atomic E-state index is 0.376. The van der Waals surface area contributed by atoms with E-state index in [0.717, 1.165) is 23.4 Å². The van der Waals surface area contributed by atoms with Crippen molar-refractivity contribution in [3.05, 3.63) is 41.5 Å². The van der Waals surface area contributed by atoms with Crippen LogP contribution in [-0.2, 0) is 6.54 Å². The number of hydrogen-bond acceptors (Lipinski definition) is 3. The number of nitrogens with zero attached hydrogens (tertiary/aromatic N) is 2. The van der Waals surface area contributed by atoms with Gasteiger partial charge < -0.3 is 15.0 Å². The highest BCUT2D eigenvalue weighted by Gasteiger charge is 2.25. The fourth-order valence-electron chi connectivity index (χ4n) is 2.36. The first-order chi connectivity index (χ1) is 9.16. The number of nitrogens with one attached hydrogen (secondary N) is 1. The maximum atomic E-state index is 9.94. The van der Waals surface area contributed by atoms with Crippen molar-refractivity contribution in [1.29, 1.82) is 0 Å². The Bertz CT molecular complexity index is 599. The highest BCUT2D eigenvalue weighted by Crippen LogP contribution is 2.36. The molecule has 100 valence electrons. The quantitative estimate of drug-likeness (QED) is 0.884. The normalized spacial score (nSPS) is 14.6. The van der Waals surface area contributed by atoms with Gasteiger partial charge in [0.2, 0.25) is 0 Å². The molecule has 0 spiro atoms. The SMILES string of the molecule is Cc1ccc(NCc2cncn2C2CC2)c(C)c1O. The van der Waals surface area contributed by atoms with Gasteiger partial charge in [-0.05, 0) is 38.3 Å². The molecule has 4 nitrogen and oxygen atoms in total. The van der Waals surface area contributed by atoms with E-state index in [-0.39, 0.29) is 0 Å². The summed E-state index contributed by atoms with van der Waals surface area (Å²) in [6, 6.07) is 4.59. The van der Waals surface area contributed by atoms with Gasteiger partial charge in [0.05, 0.1) is 18.6 Å². The van der Waals surface area contributed by atoms with E-state index < -0.39 is 0 Å². The Kier molecular flexibility index (Phi) is 2.93. The van der Waals surface area contributed by atoms with Gasteiger partial charge in [-0.25, -0.2) is 4.98 Å². The smallest absolute Gasteiger partial charge is 0.123 e. The minimum Gasteiger partial charge on any atom is -0.507 e. The molecule has 1 fully saturated rings. The predicted molar refractivity (Wildman–Crippen MR) is 75.4 cm³/mol. The lowest BCUT2D eigenvalue weighted by molar-refractivity contribution is 0.467. The van der Waals surface area contributed by atoms with Crippen molar-refractivity contribution < 1.29 is 5.11 Å². The maximum absolute atomic E-state index is 9.94. The van der Waals surface area contributed by atoms with Crippen LogP contribution in [0, 0.1) is 13.8 Å². The first-order valence-corrected chi connectivity index (χ1v) is 6.70. The fourth-order valence-corrected chi connectivity index (χ4v) is 2.36. The van der Waals surface area contributed by atoms with Gasteiger partial charge in [0, 0.05) is 23.5 Å². The van der Waals surface area contributed by atoms with Gasteiger partial charge in [-0.3, -0.25) is 0 Å². The van der Waals surface area contributed by atoms with Crippen molar-refractivity contribution in [2.75, 3.05) is 5.32 Å². The number of anilines is 1. The van der Waals surface area contributed by atoms with E-state index in [1.165, 1.54) is 18.5 Å². The number of benzene rings is 1. The Balaban J connectivity index is 1.75. The van der Waals surface area contributed by atoms with Crippen molar-refractivity contribution in [3.8, 4) is 5.75 Å². The summed E-state index contributed by atoms with van der Waals surface area (Å²) in [5, 5.41) is 13.3. The van der Waals surface area contributed by atoms with E-state index in [1.807, 2.05) is 38.5 Å². The van der Waals surface area contributed by atoms with E-state index in [4.69, 9.17) is 0 Å². The predicted octanol–water partition coefficient (Wildman–Crippen LogP) is 3.15. The molecule has 1 aromatic carbocycles. The zero-order valence-corrected chi connectivity index (χ0v) is 11.3. The molecule has 1 heterocycles. The largest absolute Gasteiger partial charge is 0.507 e. The van der Waals surface area contributed by atoms with E-state index >= 15 is 0 Å². The van der Waals surface area contributed by atoms with Crippen LogP contribution in [0.5, 0.6) is 5.75 Å². The highest BCUT2D eigenvalue weighted by atomic mass is 16.3. The van der Waals surface area contributed by atoms with E-state index in [0.29, 0.717) is 11.8 Å². The third-order valence-electron chi connectivity index (χ3n) is 3.78. The third-order valence-corrected chi connectivity index (χ3v) is 3.78. The average molecular weight is 257 g/mol. The molecule has 0 bridgehead atoms. The topological polar surface area (TPSA) is 50.1 Å². The molecule has 3 rings (SSSR count). The standard InChI is InChI=1S/C15H19N3O/c1-10-3-6-14(11(2)15(10)19)17-8-13-7-16-9-18(13)12-4-5-12/h3,6-7,9,12,17,19H,4-5,8H2,1-2H3. The third kappa shape index (κ3) is 2.30. The van der Waals surface area contributed by atoms with Crippen molar-refractivity contribution >= 4 is 5.69 Å². The summed E-state index contributed by atoms with van der Waals surface area (Å²) in [7, 11) is 0. The number of aromatic nitrogens is 2. The number of aryl methyl sites for hydroxylation is 1. The summed E-state index contributed by atoms with van der Waals surface area (Å²) in [4.78, 5) is 4.22. The van der Waals surface area contributed by atoms with Crippen LogP contribution in [0.15, 0.2) is 24.7 Å². The van der Waals surface area contributed by atoms with E-state index in [9.17, 15) is 5.11 Å². The highest BCUT2D eigenvalue weighted by molar-refractivity contribution is 5.59. The van der Waals surface area contributed by atoms with Crippen molar-refractivity contribution in [2.45, 2.75) is 39.3 Å². The summed E-state index contributed by atoms with van der Waals surface area (Å²) < 4.78 is 2.25. The molecule has 0 amide bonds. The maximum Gasteiger partial charge on any atom is 0.123 e. The second-order valence-corrected chi connectivity index (χ2v) is 5.28. The lowest BCUT2D eigenvalue weighted by Gasteiger charge is -2.13. The average Bonchev–Trinajstić information content (AvgIpc) is 3.15. The number of phenolic OH excluding ortho intramolecular Hbond substituents is 1. The summed E-state index contributed by atoms with van der Waals surface area (Å²) in [6.45, 7) is 4.58. The van der Waals surface area contributed by atoms with Gasteiger partial charge in [-0.15, -0.1) is 0 Å². The molecule has 19 heavy (non-hydrogen) atoms. The van der Waals surface area contributed by atoms with Gasteiger partial charge in [0.15, 0.2) is 0 Å². The van der Waals surface area contributed by atoms with Gasteiger partial charge in [-0.2, -0.15) is 0 Å². The molecule has 1 saturated carbocycles. The van der Waals surface area contributed by atoms with Crippen LogP contribution in [0.3, 0.4) is 0 Å². The van der Waals surface area contributed by atoms with Crippen LogP contribution in [0.25, 0.3) is 0 Å². The summed E-state index contributed by atoms with van der Waals surface area (Å²) in [5.41, 5.74) is 3.98. The van der Waals surface area contributed by atoms with Gasteiger partial charge >= 0.3 is 0 Å². The first kappa shape index (κ1) is 12.1. The van der Waals surface area contributed by atoms with Crippen LogP contribution in [0.4, 0.5) is 5.69 Å². The fraction of sp³-hybridized carbons (Fsp3) is 0.400. The van der Waals surface area contributed by atoms with E-state index in [1.54, 1.807) is 0 Å². The van der Waals surface area contributed by atoms with Crippen molar-refractivity contribution in [2.24, 2.45) is 0 Å². The molecule has 0 aliphatic heterocycles. The summed E-state index contributed by atoms with van der Waals surface area (Å²) in [5.74, 6) is 0.376. The zero-order chi connectivity index (χ0) is 13.4. The van der Waals surface area contributed by atoms with Gasteiger partial charge in [-0.1, -0.05) is 6.07 Å². The summed E-state index contributed by atoms with van der Waals surface area (Å²) in [6.07, 6.45) is 6.34. The Morgan fingerprint density at radius 2 is 2.16 bits per heavy atom. The van der Waals surface area contributed by atoms with Gasteiger partial charge in [0.25, 0.3) is 0 Å². The first-order valence-electron chi connectivity index (χ1n) is 6.70. The molecular weight excluding hydrogens is 238 g/mol. The second-order valence-electron chi connectivity index (χ2n) is 5.28. The Morgan fingerprint density at radius 1 is 1.37 bits per heavy atom. The molecule has 2 aromatic rings. The Morgan fingerprint density at radius 3 is 2.89 bits per heavy atom. The lowest BCUT2D eigenvalue weighted by atomic mass is 10.1. The molecule has 1 aliphatic rings. The second kappa shape index (κ2) is 4.61. The van der Waals surface area contributed by atoms with E-state index in [2.05, 4.69) is 14.9 Å². The zero-order valence-electron chi connectivity index (χ0n) is 11.3. The van der Waals surface area contributed by atoms with Crippen LogP contribution in [-0.4, -0.2) is 14.7 Å². The molecule has 1 aliphatic carbocycles. The number of hydrogen-bond donors (Lipinski definition) is 2. The van der Waals surface area contributed by atoms with Crippen LogP contribution >= 0.6 is 0 Å². The monoisotopic (exact) mass is 257 g/mol. The van der Waals surface area contributed by atoms with Crippen molar-refractivity contribution in [1.82, 2.24) is 9.55 Å². The Labute approximate surface area is 113 Å². The van der Waals surface area contributed by atoms with Crippen LogP contribution in [0.1, 0.15) is 35.7 Å². The van der Waals surface area contributed by atoms with Crippen LogP contribution in [0.2, 0.25) is 0 Å². The molecule has 1 aromatic heterocycles. The van der Waals surface area contributed by atoms with Crippen LogP contribution < -0.4 is 5.32 Å². The number of aromatic hydroxyl groups is 1. The molecule has 0 radical (unpaired) electrons.